The second-order valence-corrected chi connectivity index (χ2v) is 5.84. The van der Waals surface area contributed by atoms with E-state index in [1.54, 1.807) is 12.1 Å². The fourth-order valence-electron chi connectivity index (χ4n) is 2.78. The third-order valence-electron chi connectivity index (χ3n) is 4.01. The summed E-state index contributed by atoms with van der Waals surface area (Å²) in [6.45, 7) is 5.69. The van der Waals surface area contributed by atoms with Crippen molar-refractivity contribution in [2.75, 3.05) is 19.8 Å². The fourth-order valence-corrected chi connectivity index (χ4v) is 2.78. The van der Waals surface area contributed by atoms with E-state index in [0.29, 0.717) is 25.4 Å². The molecule has 0 atom stereocenters. The van der Waals surface area contributed by atoms with Gasteiger partial charge in [-0.25, -0.2) is 4.98 Å². The van der Waals surface area contributed by atoms with E-state index in [9.17, 15) is 4.79 Å². The number of aryl methyl sites for hydroxylation is 1. The van der Waals surface area contributed by atoms with Gasteiger partial charge in [0.25, 0.3) is 5.91 Å². The van der Waals surface area contributed by atoms with Crippen molar-refractivity contribution >= 4 is 16.9 Å². The zero-order chi connectivity index (χ0) is 18.4. The molecule has 0 aliphatic carbocycles. The standard InChI is InChI=1S/C20H23N3O3/c1-3-25-16-8-10-17(11-9-16)26-14-20(24)21-12-13-23-15(2)22-18-6-4-5-7-19(18)23/h4-11H,3,12-14H2,1-2H3,(H,21,24). The summed E-state index contributed by atoms with van der Waals surface area (Å²) >= 11 is 0. The number of ether oxygens (including phenoxy) is 2. The van der Waals surface area contributed by atoms with Gasteiger partial charge in [0.1, 0.15) is 17.3 Å². The van der Waals surface area contributed by atoms with Gasteiger partial charge in [-0.3, -0.25) is 4.79 Å². The molecule has 0 radical (unpaired) electrons. The number of carbonyl (C=O) groups excluding carboxylic acids is 1. The van der Waals surface area contributed by atoms with Crippen molar-refractivity contribution in [2.45, 2.75) is 20.4 Å². The number of fused-ring (bicyclic) bond motifs is 1. The lowest BCUT2D eigenvalue weighted by atomic mass is 10.3. The van der Waals surface area contributed by atoms with Crippen molar-refractivity contribution in [3.05, 3.63) is 54.4 Å². The van der Waals surface area contributed by atoms with Crippen LogP contribution in [0.1, 0.15) is 12.7 Å². The molecule has 0 bridgehead atoms. The predicted octanol–water partition coefficient (Wildman–Crippen LogP) is 2.94. The summed E-state index contributed by atoms with van der Waals surface area (Å²) < 4.78 is 13.0. The van der Waals surface area contributed by atoms with E-state index in [0.717, 1.165) is 22.6 Å². The molecular weight excluding hydrogens is 330 g/mol. The van der Waals surface area contributed by atoms with Crippen LogP contribution in [0.15, 0.2) is 48.5 Å². The Kier molecular flexibility index (Phi) is 5.73. The Bertz CT molecular complexity index is 872. The number of hydrogen-bond acceptors (Lipinski definition) is 4. The van der Waals surface area contributed by atoms with Crippen LogP contribution in [0.4, 0.5) is 0 Å². The molecule has 3 aromatic rings. The van der Waals surface area contributed by atoms with Gasteiger partial charge >= 0.3 is 0 Å². The molecule has 2 aromatic carbocycles. The van der Waals surface area contributed by atoms with Crippen LogP contribution in [-0.2, 0) is 11.3 Å². The minimum Gasteiger partial charge on any atom is -0.494 e. The number of benzene rings is 2. The van der Waals surface area contributed by atoms with E-state index in [1.807, 2.05) is 50.2 Å². The lowest BCUT2D eigenvalue weighted by molar-refractivity contribution is -0.123. The summed E-state index contributed by atoms with van der Waals surface area (Å²) in [6.07, 6.45) is 0. The highest BCUT2D eigenvalue weighted by Gasteiger charge is 2.07. The van der Waals surface area contributed by atoms with Gasteiger partial charge in [0.2, 0.25) is 0 Å². The van der Waals surface area contributed by atoms with Crippen molar-refractivity contribution in [3.63, 3.8) is 0 Å². The van der Waals surface area contributed by atoms with Crippen LogP contribution in [0.3, 0.4) is 0 Å². The zero-order valence-electron chi connectivity index (χ0n) is 15.1. The molecule has 1 aromatic heterocycles. The van der Waals surface area contributed by atoms with Crippen LogP contribution in [0.2, 0.25) is 0 Å². The summed E-state index contributed by atoms with van der Waals surface area (Å²) in [5, 5.41) is 2.88. The Morgan fingerprint density at radius 2 is 1.77 bits per heavy atom. The predicted molar refractivity (Wildman–Crippen MR) is 101 cm³/mol. The van der Waals surface area contributed by atoms with Gasteiger partial charge in [-0.2, -0.15) is 0 Å². The maximum atomic E-state index is 12.0. The first-order valence-electron chi connectivity index (χ1n) is 8.71. The molecule has 6 heteroatoms. The molecule has 26 heavy (non-hydrogen) atoms. The fraction of sp³-hybridized carbons (Fsp3) is 0.300. The maximum absolute atomic E-state index is 12.0. The van der Waals surface area contributed by atoms with Crippen LogP contribution < -0.4 is 14.8 Å². The van der Waals surface area contributed by atoms with Crippen LogP contribution in [0.25, 0.3) is 11.0 Å². The molecule has 0 aliphatic heterocycles. The second-order valence-electron chi connectivity index (χ2n) is 5.84. The first kappa shape index (κ1) is 17.8. The summed E-state index contributed by atoms with van der Waals surface area (Å²) in [5.41, 5.74) is 2.04. The van der Waals surface area contributed by atoms with E-state index in [4.69, 9.17) is 9.47 Å². The monoisotopic (exact) mass is 353 g/mol. The number of nitrogens with one attached hydrogen (secondary N) is 1. The number of nitrogens with zero attached hydrogens (tertiary/aromatic N) is 2. The van der Waals surface area contributed by atoms with Crippen LogP contribution in [-0.4, -0.2) is 35.2 Å². The summed E-state index contributed by atoms with van der Waals surface area (Å²) in [5.74, 6) is 2.21. The Morgan fingerprint density at radius 1 is 1.08 bits per heavy atom. The number of carbonyl (C=O) groups is 1. The number of aromatic nitrogens is 2. The average molecular weight is 353 g/mol. The maximum Gasteiger partial charge on any atom is 0.258 e. The molecule has 0 unspecified atom stereocenters. The average Bonchev–Trinajstić information content (AvgIpc) is 2.97. The highest BCUT2D eigenvalue weighted by atomic mass is 16.5. The molecule has 0 saturated heterocycles. The number of imidazole rings is 1. The van der Waals surface area contributed by atoms with E-state index in [1.165, 1.54) is 0 Å². The molecule has 0 fully saturated rings. The van der Waals surface area contributed by atoms with Gasteiger partial charge in [0.05, 0.1) is 17.6 Å². The van der Waals surface area contributed by atoms with Crippen molar-refractivity contribution in [3.8, 4) is 11.5 Å². The minimum absolute atomic E-state index is 0.0162. The summed E-state index contributed by atoms with van der Waals surface area (Å²) in [6, 6.07) is 15.2. The molecule has 0 aliphatic rings. The quantitative estimate of drug-likeness (QED) is 0.676. The molecule has 0 spiro atoms. The van der Waals surface area contributed by atoms with Crippen molar-refractivity contribution in [2.24, 2.45) is 0 Å². The van der Waals surface area contributed by atoms with Gasteiger partial charge in [-0.1, -0.05) is 12.1 Å². The normalized spacial score (nSPS) is 10.7. The van der Waals surface area contributed by atoms with Crippen molar-refractivity contribution in [1.29, 1.82) is 0 Å². The van der Waals surface area contributed by atoms with Gasteiger partial charge < -0.3 is 19.4 Å². The lowest BCUT2D eigenvalue weighted by Gasteiger charge is -2.10. The van der Waals surface area contributed by atoms with E-state index in [-0.39, 0.29) is 12.5 Å². The Balaban J connectivity index is 1.46. The third-order valence-corrected chi connectivity index (χ3v) is 4.01. The Morgan fingerprint density at radius 3 is 2.50 bits per heavy atom. The smallest absolute Gasteiger partial charge is 0.258 e. The summed E-state index contributed by atoms with van der Waals surface area (Å²) in [7, 11) is 0. The minimum atomic E-state index is -0.152. The van der Waals surface area contributed by atoms with E-state index >= 15 is 0 Å². The van der Waals surface area contributed by atoms with Crippen molar-refractivity contribution < 1.29 is 14.3 Å². The van der Waals surface area contributed by atoms with E-state index < -0.39 is 0 Å². The van der Waals surface area contributed by atoms with Gasteiger partial charge in [0, 0.05) is 13.1 Å². The van der Waals surface area contributed by atoms with Crippen LogP contribution >= 0.6 is 0 Å². The van der Waals surface area contributed by atoms with Crippen molar-refractivity contribution in [1.82, 2.24) is 14.9 Å². The van der Waals surface area contributed by atoms with Crippen LogP contribution in [0.5, 0.6) is 11.5 Å². The molecular formula is C20H23N3O3. The van der Waals surface area contributed by atoms with Crippen LogP contribution in [0, 0.1) is 6.92 Å². The first-order valence-corrected chi connectivity index (χ1v) is 8.71. The number of rotatable bonds is 8. The third kappa shape index (κ3) is 4.33. The highest BCUT2D eigenvalue weighted by molar-refractivity contribution is 5.78. The van der Waals surface area contributed by atoms with Gasteiger partial charge in [-0.05, 0) is 50.2 Å². The second kappa shape index (κ2) is 8.38. The summed E-state index contributed by atoms with van der Waals surface area (Å²) in [4.78, 5) is 16.5. The molecule has 3 rings (SSSR count). The SMILES string of the molecule is CCOc1ccc(OCC(=O)NCCn2c(C)nc3ccccc32)cc1. The van der Waals surface area contributed by atoms with Gasteiger partial charge in [-0.15, -0.1) is 0 Å². The number of para-hydroxylation sites is 2. The van der Waals surface area contributed by atoms with E-state index in [2.05, 4.69) is 14.9 Å². The molecule has 0 saturated carbocycles. The molecule has 1 heterocycles. The topological polar surface area (TPSA) is 65.4 Å². The number of hydrogen-bond donors (Lipinski definition) is 1. The Labute approximate surface area is 152 Å². The zero-order valence-corrected chi connectivity index (χ0v) is 15.1. The molecule has 136 valence electrons. The lowest BCUT2D eigenvalue weighted by Crippen LogP contribution is -2.31. The highest BCUT2D eigenvalue weighted by Crippen LogP contribution is 2.17. The molecule has 6 nitrogen and oxygen atoms in total. The largest absolute Gasteiger partial charge is 0.494 e. The molecule has 1 N–H and O–H groups in total. The Hall–Kier alpha value is -3.02. The van der Waals surface area contributed by atoms with Gasteiger partial charge in [0.15, 0.2) is 6.61 Å². The first-order chi connectivity index (χ1) is 12.7. The number of amides is 1. The molecule has 1 amide bonds.